The van der Waals surface area contributed by atoms with Gasteiger partial charge in [-0.3, -0.25) is 0 Å². The molecule has 2 aromatic heterocycles. The van der Waals surface area contributed by atoms with Crippen molar-refractivity contribution in [2.45, 2.75) is 20.3 Å². The molecule has 0 unspecified atom stereocenters. The van der Waals surface area contributed by atoms with Gasteiger partial charge in [0.2, 0.25) is 0 Å². The first kappa shape index (κ1) is 13.9. The van der Waals surface area contributed by atoms with Crippen LogP contribution in [0, 0.1) is 13.8 Å². The summed E-state index contributed by atoms with van der Waals surface area (Å²) in [6.45, 7) is 6.26. The largest absolute Gasteiger partial charge is 0.485 e. The zero-order chi connectivity index (χ0) is 14.1. The molecule has 20 heavy (non-hydrogen) atoms. The van der Waals surface area contributed by atoms with E-state index in [-0.39, 0.29) is 0 Å². The summed E-state index contributed by atoms with van der Waals surface area (Å²) >= 11 is 3.59. The molecule has 0 aromatic carbocycles. The predicted octanol–water partition coefficient (Wildman–Crippen LogP) is 4.05. The van der Waals surface area contributed by atoms with Gasteiger partial charge in [-0.1, -0.05) is 0 Å². The van der Waals surface area contributed by atoms with Crippen LogP contribution >= 0.6 is 22.7 Å². The Labute approximate surface area is 127 Å². The maximum Gasteiger partial charge on any atom is 0.181 e. The maximum atomic E-state index is 5.86. The molecule has 0 aliphatic carbocycles. The van der Waals surface area contributed by atoms with Gasteiger partial charge >= 0.3 is 0 Å². The Hall–Kier alpha value is -1.04. The number of methoxy groups -OCH3 is 1. The van der Waals surface area contributed by atoms with Crippen LogP contribution in [0.2, 0.25) is 0 Å². The smallest absolute Gasteiger partial charge is 0.181 e. The Balaban J connectivity index is 2.04. The minimum absolute atomic E-state index is 0.633. The van der Waals surface area contributed by atoms with E-state index in [0.29, 0.717) is 13.2 Å². The molecule has 2 aromatic rings. The van der Waals surface area contributed by atoms with Crippen LogP contribution in [0.25, 0.3) is 9.75 Å². The molecule has 5 heteroatoms. The second-order valence-electron chi connectivity index (χ2n) is 4.80. The van der Waals surface area contributed by atoms with Gasteiger partial charge in [0.05, 0.1) is 16.4 Å². The molecule has 0 amide bonds. The SMILES string of the molecule is COCCc1cc(C)sc1-c1sc(C)c2c1OCCO2. The first-order chi connectivity index (χ1) is 9.70. The third-order valence-corrected chi connectivity index (χ3v) is 5.60. The van der Waals surface area contributed by atoms with Crippen LogP contribution in [0.3, 0.4) is 0 Å². The van der Waals surface area contributed by atoms with E-state index in [1.165, 1.54) is 25.1 Å². The highest BCUT2D eigenvalue weighted by molar-refractivity contribution is 7.22. The summed E-state index contributed by atoms with van der Waals surface area (Å²) in [6, 6.07) is 2.25. The lowest BCUT2D eigenvalue weighted by molar-refractivity contribution is 0.173. The Morgan fingerprint density at radius 2 is 1.85 bits per heavy atom. The van der Waals surface area contributed by atoms with Crippen LogP contribution in [0.5, 0.6) is 11.5 Å². The van der Waals surface area contributed by atoms with Gasteiger partial charge in [-0.15, -0.1) is 22.7 Å². The summed E-state index contributed by atoms with van der Waals surface area (Å²) in [7, 11) is 1.74. The summed E-state index contributed by atoms with van der Waals surface area (Å²) in [5.41, 5.74) is 1.34. The fourth-order valence-corrected chi connectivity index (χ4v) is 4.67. The van der Waals surface area contributed by atoms with Gasteiger partial charge < -0.3 is 14.2 Å². The van der Waals surface area contributed by atoms with E-state index in [4.69, 9.17) is 14.2 Å². The Morgan fingerprint density at radius 1 is 1.10 bits per heavy atom. The lowest BCUT2D eigenvalue weighted by Crippen LogP contribution is -2.14. The molecule has 108 valence electrons. The number of hydrogen-bond acceptors (Lipinski definition) is 5. The van der Waals surface area contributed by atoms with Crippen molar-refractivity contribution in [3.8, 4) is 21.3 Å². The Morgan fingerprint density at radius 3 is 2.60 bits per heavy atom. The maximum absolute atomic E-state index is 5.86. The summed E-state index contributed by atoms with van der Waals surface area (Å²) < 4.78 is 16.8. The van der Waals surface area contributed by atoms with Crippen LogP contribution in [-0.4, -0.2) is 26.9 Å². The van der Waals surface area contributed by atoms with Crippen molar-refractivity contribution in [2.75, 3.05) is 26.9 Å². The van der Waals surface area contributed by atoms with E-state index in [1.807, 2.05) is 11.3 Å². The van der Waals surface area contributed by atoms with Gasteiger partial charge in [0.1, 0.15) is 13.2 Å². The van der Waals surface area contributed by atoms with E-state index < -0.39 is 0 Å². The number of fused-ring (bicyclic) bond motifs is 1. The molecular weight excluding hydrogens is 292 g/mol. The minimum atomic E-state index is 0.633. The molecule has 0 fully saturated rings. The Kier molecular flexibility index (Phi) is 4.01. The lowest BCUT2D eigenvalue weighted by Gasteiger charge is -2.16. The normalized spacial score (nSPS) is 13.8. The Bertz CT molecular complexity index is 613. The van der Waals surface area contributed by atoms with Crippen LogP contribution in [0.4, 0.5) is 0 Å². The van der Waals surface area contributed by atoms with Crippen LogP contribution in [-0.2, 0) is 11.2 Å². The standard InChI is InChI=1S/C15H18O3S2/c1-9-8-11(4-5-16-3)14(19-9)15-13-12(10(2)20-15)17-6-7-18-13/h8H,4-7H2,1-3H3. The van der Waals surface area contributed by atoms with Gasteiger partial charge in [-0.25, -0.2) is 0 Å². The molecule has 3 rings (SSSR count). The van der Waals surface area contributed by atoms with Gasteiger partial charge in [-0.05, 0) is 31.9 Å². The second kappa shape index (κ2) is 5.76. The highest BCUT2D eigenvalue weighted by atomic mass is 32.1. The predicted molar refractivity (Wildman–Crippen MR) is 83.7 cm³/mol. The lowest BCUT2D eigenvalue weighted by atomic mass is 10.1. The van der Waals surface area contributed by atoms with Crippen molar-refractivity contribution in [1.82, 2.24) is 0 Å². The monoisotopic (exact) mass is 310 g/mol. The first-order valence-corrected chi connectivity index (χ1v) is 8.31. The molecule has 0 bridgehead atoms. The topological polar surface area (TPSA) is 27.7 Å². The molecule has 1 aliphatic heterocycles. The molecular formula is C15H18O3S2. The van der Waals surface area contributed by atoms with E-state index in [0.717, 1.165) is 24.5 Å². The fourth-order valence-electron chi connectivity index (χ4n) is 2.40. The highest BCUT2D eigenvalue weighted by Crippen LogP contribution is 2.51. The van der Waals surface area contributed by atoms with E-state index in [9.17, 15) is 0 Å². The summed E-state index contributed by atoms with van der Waals surface area (Å²) in [4.78, 5) is 5.03. The van der Waals surface area contributed by atoms with Crippen LogP contribution in [0.1, 0.15) is 15.3 Å². The first-order valence-electron chi connectivity index (χ1n) is 6.68. The van der Waals surface area contributed by atoms with Crippen molar-refractivity contribution in [1.29, 1.82) is 0 Å². The van der Waals surface area contributed by atoms with Gasteiger partial charge in [0.15, 0.2) is 11.5 Å². The van der Waals surface area contributed by atoms with E-state index in [2.05, 4.69) is 19.9 Å². The fraction of sp³-hybridized carbons (Fsp3) is 0.467. The van der Waals surface area contributed by atoms with Gasteiger partial charge in [0.25, 0.3) is 0 Å². The van der Waals surface area contributed by atoms with Crippen LogP contribution in [0.15, 0.2) is 6.07 Å². The zero-order valence-corrected chi connectivity index (χ0v) is 13.6. The van der Waals surface area contributed by atoms with Crippen molar-refractivity contribution < 1.29 is 14.2 Å². The third-order valence-electron chi connectivity index (χ3n) is 3.28. The van der Waals surface area contributed by atoms with E-state index >= 15 is 0 Å². The number of thiophene rings is 2. The van der Waals surface area contributed by atoms with Crippen LogP contribution < -0.4 is 9.47 Å². The summed E-state index contributed by atoms with van der Waals surface area (Å²) in [5, 5.41) is 0. The average molecular weight is 310 g/mol. The number of aryl methyl sites for hydroxylation is 2. The number of ether oxygens (including phenoxy) is 3. The van der Waals surface area contributed by atoms with Crippen molar-refractivity contribution in [3.63, 3.8) is 0 Å². The molecule has 0 radical (unpaired) electrons. The van der Waals surface area contributed by atoms with Crippen molar-refractivity contribution in [2.24, 2.45) is 0 Å². The third kappa shape index (κ3) is 2.45. The highest BCUT2D eigenvalue weighted by Gasteiger charge is 2.25. The average Bonchev–Trinajstić information content (AvgIpc) is 2.98. The second-order valence-corrected chi connectivity index (χ2v) is 7.28. The molecule has 0 atom stereocenters. The molecule has 1 aliphatic rings. The van der Waals surface area contributed by atoms with Gasteiger partial charge in [-0.2, -0.15) is 0 Å². The molecule has 0 spiro atoms. The molecule has 0 saturated carbocycles. The summed E-state index contributed by atoms with van der Waals surface area (Å²) in [5.74, 6) is 1.86. The number of rotatable bonds is 4. The molecule has 0 N–H and O–H groups in total. The molecule has 3 nitrogen and oxygen atoms in total. The van der Waals surface area contributed by atoms with E-state index in [1.54, 1.807) is 18.4 Å². The summed E-state index contributed by atoms with van der Waals surface area (Å²) in [6.07, 6.45) is 0.933. The van der Waals surface area contributed by atoms with Crippen molar-refractivity contribution >= 4 is 22.7 Å². The zero-order valence-electron chi connectivity index (χ0n) is 11.9. The quantitative estimate of drug-likeness (QED) is 0.852. The van der Waals surface area contributed by atoms with Crippen molar-refractivity contribution in [3.05, 3.63) is 21.4 Å². The number of hydrogen-bond donors (Lipinski definition) is 0. The molecule has 3 heterocycles. The van der Waals surface area contributed by atoms with Gasteiger partial charge in [0, 0.05) is 16.9 Å². The minimum Gasteiger partial charge on any atom is -0.485 e. The molecule has 0 saturated heterocycles.